The molecular formula is C19H23NO5. The average Bonchev–Trinajstić information content (AvgIpc) is 3.10. The first-order valence-corrected chi connectivity index (χ1v) is 8.27. The minimum absolute atomic E-state index is 0.0883. The molecule has 6 heteroatoms. The molecule has 134 valence electrons. The maximum absolute atomic E-state index is 12.5. The van der Waals surface area contributed by atoms with E-state index in [-0.39, 0.29) is 12.5 Å². The van der Waals surface area contributed by atoms with Crippen molar-refractivity contribution >= 4 is 12.2 Å². The number of benzene rings is 1. The molecule has 1 unspecified atom stereocenters. The second kappa shape index (κ2) is 6.10. The van der Waals surface area contributed by atoms with Gasteiger partial charge in [-0.05, 0) is 44.9 Å². The molecule has 3 rings (SSSR count). The molecule has 0 N–H and O–H groups in total. The van der Waals surface area contributed by atoms with Gasteiger partial charge in [0, 0.05) is 5.92 Å². The van der Waals surface area contributed by atoms with Crippen LogP contribution in [-0.2, 0) is 9.47 Å². The first-order chi connectivity index (χ1) is 11.7. The van der Waals surface area contributed by atoms with Crippen molar-refractivity contribution in [1.82, 2.24) is 4.90 Å². The third kappa shape index (κ3) is 3.34. The van der Waals surface area contributed by atoms with Gasteiger partial charge >= 0.3 is 12.2 Å². The summed E-state index contributed by atoms with van der Waals surface area (Å²) in [6.07, 6.45) is 3.15. The van der Waals surface area contributed by atoms with Gasteiger partial charge in [0.15, 0.2) is 0 Å². The van der Waals surface area contributed by atoms with E-state index in [9.17, 15) is 9.59 Å². The normalized spacial score (nSPS) is 25.4. The van der Waals surface area contributed by atoms with Crippen LogP contribution in [0.15, 0.2) is 36.4 Å². The van der Waals surface area contributed by atoms with Crippen LogP contribution in [0.25, 0.3) is 0 Å². The maximum Gasteiger partial charge on any atom is 0.420 e. The maximum atomic E-state index is 12.5. The molecule has 0 saturated carbocycles. The van der Waals surface area contributed by atoms with Crippen molar-refractivity contribution in [2.75, 3.05) is 13.7 Å². The summed E-state index contributed by atoms with van der Waals surface area (Å²) >= 11 is 0. The lowest BCUT2D eigenvalue weighted by Crippen LogP contribution is -2.50. The zero-order chi connectivity index (χ0) is 18.2. The molecule has 1 aliphatic heterocycles. The molecular weight excluding hydrogens is 322 g/mol. The van der Waals surface area contributed by atoms with E-state index in [2.05, 4.69) is 0 Å². The Balaban J connectivity index is 1.80. The largest absolute Gasteiger partial charge is 0.497 e. The summed E-state index contributed by atoms with van der Waals surface area (Å²) in [5.41, 5.74) is -0.375. The van der Waals surface area contributed by atoms with Gasteiger partial charge in [-0.2, -0.15) is 4.90 Å². The Kier molecular flexibility index (Phi) is 4.22. The lowest BCUT2D eigenvalue weighted by molar-refractivity contribution is 0.0233. The molecule has 2 atom stereocenters. The monoisotopic (exact) mass is 345 g/mol. The Morgan fingerprint density at radius 3 is 2.56 bits per heavy atom. The molecule has 6 nitrogen and oxygen atoms in total. The molecule has 1 aliphatic carbocycles. The topological polar surface area (TPSA) is 65.1 Å². The molecule has 25 heavy (non-hydrogen) atoms. The van der Waals surface area contributed by atoms with Gasteiger partial charge in [-0.1, -0.05) is 24.3 Å². The van der Waals surface area contributed by atoms with Crippen molar-refractivity contribution in [1.29, 1.82) is 0 Å². The number of rotatable bonds is 2. The molecule has 1 heterocycles. The van der Waals surface area contributed by atoms with Crippen molar-refractivity contribution in [2.24, 2.45) is 0 Å². The quantitative estimate of drug-likeness (QED) is 0.762. The van der Waals surface area contributed by atoms with Gasteiger partial charge in [-0.3, -0.25) is 0 Å². The number of hydrogen-bond donors (Lipinski definition) is 0. The highest BCUT2D eigenvalue weighted by Crippen LogP contribution is 2.42. The molecule has 1 aromatic carbocycles. The summed E-state index contributed by atoms with van der Waals surface area (Å²) in [4.78, 5) is 25.8. The highest BCUT2D eigenvalue weighted by Gasteiger charge is 2.53. The van der Waals surface area contributed by atoms with E-state index < -0.39 is 23.3 Å². The molecule has 0 aromatic heterocycles. The number of cyclic esters (lactones) is 1. The summed E-state index contributed by atoms with van der Waals surface area (Å²) in [5.74, 6) is 0.876. The zero-order valence-corrected chi connectivity index (χ0v) is 14.9. The van der Waals surface area contributed by atoms with Gasteiger partial charge in [0.2, 0.25) is 0 Å². The van der Waals surface area contributed by atoms with Crippen molar-refractivity contribution < 1.29 is 23.8 Å². The van der Waals surface area contributed by atoms with E-state index in [1.807, 2.05) is 36.4 Å². The Bertz CT molecular complexity index is 704. The summed E-state index contributed by atoms with van der Waals surface area (Å²) < 4.78 is 15.7. The Hall–Kier alpha value is -2.50. The zero-order valence-electron chi connectivity index (χ0n) is 14.9. The second-order valence-electron chi connectivity index (χ2n) is 7.42. The standard InChI is InChI=1S/C19H23NO5/c1-18(2,3)25-17(22)20-16(21)24-12-19(20)10-9-14(11-19)13-5-7-15(23-4)8-6-13/h5-10,14H,11-12H2,1-4H3/t14-,19?/m1/s1. The second-order valence-corrected chi connectivity index (χ2v) is 7.42. The van der Waals surface area contributed by atoms with Crippen LogP contribution in [-0.4, -0.2) is 41.9 Å². The predicted molar refractivity (Wildman–Crippen MR) is 91.6 cm³/mol. The summed E-state index contributed by atoms with van der Waals surface area (Å²) in [7, 11) is 1.62. The Morgan fingerprint density at radius 1 is 1.28 bits per heavy atom. The first-order valence-electron chi connectivity index (χ1n) is 8.27. The van der Waals surface area contributed by atoms with Crippen LogP contribution in [0.5, 0.6) is 5.75 Å². The molecule has 1 fully saturated rings. The SMILES string of the molecule is COc1ccc([C@@H]2C=CC3(COC(=O)N3C(=O)OC(C)(C)C)C2)cc1. The van der Waals surface area contributed by atoms with Crippen molar-refractivity contribution in [3.8, 4) is 5.75 Å². The summed E-state index contributed by atoms with van der Waals surface area (Å²) in [6, 6.07) is 7.77. The van der Waals surface area contributed by atoms with Gasteiger partial charge < -0.3 is 14.2 Å². The van der Waals surface area contributed by atoms with Crippen LogP contribution in [0.1, 0.15) is 38.7 Å². The highest BCUT2D eigenvalue weighted by atomic mass is 16.6. The fourth-order valence-corrected chi connectivity index (χ4v) is 3.23. The van der Waals surface area contributed by atoms with E-state index >= 15 is 0 Å². The van der Waals surface area contributed by atoms with Crippen LogP contribution >= 0.6 is 0 Å². The smallest absolute Gasteiger partial charge is 0.420 e. The van der Waals surface area contributed by atoms with E-state index in [0.717, 1.165) is 16.2 Å². The van der Waals surface area contributed by atoms with Crippen LogP contribution in [0.2, 0.25) is 0 Å². The van der Waals surface area contributed by atoms with Crippen molar-refractivity contribution in [2.45, 2.75) is 44.2 Å². The molecule has 1 spiro atoms. The van der Waals surface area contributed by atoms with Gasteiger partial charge in [0.05, 0.1) is 7.11 Å². The molecule has 2 amide bonds. The van der Waals surface area contributed by atoms with Crippen LogP contribution in [0, 0.1) is 0 Å². The number of carbonyl (C=O) groups excluding carboxylic acids is 2. The number of methoxy groups -OCH3 is 1. The van der Waals surface area contributed by atoms with Crippen LogP contribution in [0.3, 0.4) is 0 Å². The number of ether oxygens (including phenoxy) is 3. The summed E-state index contributed by atoms with van der Waals surface area (Å²) in [5, 5.41) is 0. The van der Waals surface area contributed by atoms with Crippen molar-refractivity contribution in [3.05, 3.63) is 42.0 Å². The third-order valence-electron chi connectivity index (χ3n) is 4.41. The Labute approximate surface area is 147 Å². The van der Waals surface area contributed by atoms with E-state index in [0.29, 0.717) is 6.42 Å². The number of nitrogens with zero attached hydrogens (tertiary/aromatic N) is 1. The minimum Gasteiger partial charge on any atom is -0.497 e. The minimum atomic E-state index is -0.788. The molecule has 2 aliphatic rings. The van der Waals surface area contributed by atoms with Gasteiger partial charge in [0.25, 0.3) is 0 Å². The molecule has 0 bridgehead atoms. The fourth-order valence-electron chi connectivity index (χ4n) is 3.23. The number of allylic oxidation sites excluding steroid dienone is 1. The number of amides is 2. The fraction of sp³-hybridized carbons (Fsp3) is 0.474. The van der Waals surface area contributed by atoms with E-state index in [4.69, 9.17) is 14.2 Å². The third-order valence-corrected chi connectivity index (χ3v) is 4.41. The van der Waals surface area contributed by atoms with Crippen molar-refractivity contribution in [3.63, 3.8) is 0 Å². The lowest BCUT2D eigenvalue weighted by atomic mass is 9.91. The average molecular weight is 345 g/mol. The number of imide groups is 1. The molecule has 1 saturated heterocycles. The van der Waals surface area contributed by atoms with Crippen LogP contribution in [0.4, 0.5) is 9.59 Å². The molecule has 1 aromatic rings. The summed E-state index contributed by atoms with van der Waals surface area (Å²) in [6.45, 7) is 5.45. The lowest BCUT2D eigenvalue weighted by Gasteiger charge is -2.31. The Morgan fingerprint density at radius 2 is 1.96 bits per heavy atom. The van der Waals surface area contributed by atoms with Gasteiger partial charge in [-0.25, -0.2) is 9.59 Å². The number of hydrogen-bond acceptors (Lipinski definition) is 5. The predicted octanol–water partition coefficient (Wildman–Crippen LogP) is 3.86. The van der Waals surface area contributed by atoms with Gasteiger partial charge in [-0.15, -0.1) is 0 Å². The molecule has 0 radical (unpaired) electrons. The first kappa shape index (κ1) is 17.3. The van der Waals surface area contributed by atoms with E-state index in [1.165, 1.54) is 0 Å². The highest BCUT2D eigenvalue weighted by molar-refractivity contribution is 5.91. The van der Waals surface area contributed by atoms with E-state index in [1.54, 1.807) is 27.9 Å². The number of carbonyl (C=O) groups is 2. The van der Waals surface area contributed by atoms with Crippen LogP contribution < -0.4 is 4.74 Å². The van der Waals surface area contributed by atoms with Gasteiger partial charge in [0.1, 0.15) is 23.5 Å².